The molecule has 0 spiro atoms. The van der Waals surface area contributed by atoms with E-state index >= 15 is 0 Å². The molecule has 1 N–H and O–H groups in total. The molecule has 2 heterocycles. The van der Waals surface area contributed by atoms with Crippen molar-refractivity contribution in [2.24, 2.45) is 5.92 Å². The van der Waals surface area contributed by atoms with Crippen LogP contribution in [0.1, 0.15) is 29.6 Å². The Kier molecular flexibility index (Phi) is 4.24. The summed E-state index contributed by atoms with van der Waals surface area (Å²) in [6.45, 7) is 0.972. The topological polar surface area (TPSA) is 58.6 Å². The van der Waals surface area contributed by atoms with Gasteiger partial charge in [-0.15, -0.1) is 0 Å². The van der Waals surface area contributed by atoms with Crippen LogP contribution >= 0.6 is 0 Å². The van der Waals surface area contributed by atoms with Gasteiger partial charge in [-0.2, -0.15) is 0 Å². The van der Waals surface area contributed by atoms with Crippen molar-refractivity contribution in [2.75, 3.05) is 13.2 Å². The molecule has 2 fully saturated rings. The van der Waals surface area contributed by atoms with Gasteiger partial charge in [-0.1, -0.05) is 60.7 Å². The number of benzene rings is 2. The van der Waals surface area contributed by atoms with Crippen LogP contribution in [0.25, 0.3) is 0 Å². The van der Waals surface area contributed by atoms with E-state index in [1.807, 2.05) is 60.7 Å². The minimum Gasteiger partial charge on any atom is -0.446 e. The highest BCUT2D eigenvalue weighted by Gasteiger charge is 2.45. The summed E-state index contributed by atoms with van der Waals surface area (Å²) in [5, 5.41) is 3.40. The van der Waals surface area contributed by atoms with Crippen molar-refractivity contribution >= 4 is 12.0 Å². The number of nitrogens with zero attached hydrogens (tertiary/aromatic N) is 1. The van der Waals surface area contributed by atoms with E-state index in [0.717, 1.165) is 17.7 Å². The fraction of sp³-hybridized carbons (Fsp3) is 0.300. The van der Waals surface area contributed by atoms with Crippen LogP contribution in [0.5, 0.6) is 0 Å². The fourth-order valence-electron chi connectivity index (χ4n) is 3.74. The minimum atomic E-state index is -0.544. The standard InChI is InChI=1S/C20H20N2O3/c23-19(16-11-12-21-18(16)15-9-5-2-6-10-15)22-17(13-25-20(22)24)14-7-3-1-4-8-14/h1-10,16-18,21H,11-13H2/t16-,17-,18-/m1/s1. The number of rotatable bonds is 3. The lowest BCUT2D eigenvalue weighted by Gasteiger charge is -2.26. The van der Waals surface area contributed by atoms with Crippen molar-refractivity contribution in [3.05, 3.63) is 71.8 Å². The lowest BCUT2D eigenvalue weighted by atomic mass is 9.92. The van der Waals surface area contributed by atoms with Crippen LogP contribution in [-0.2, 0) is 9.53 Å². The Labute approximate surface area is 146 Å². The van der Waals surface area contributed by atoms with Crippen molar-refractivity contribution < 1.29 is 14.3 Å². The van der Waals surface area contributed by atoms with Gasteiger partial charge in [0.25, 0.3) is 0 Å². The minimum absolute atomic E-state index is 0.0708. The maximum atomic E-state index is 13.2. The number of carbonyl (C=O) groups is 2. The molecule has 25 heavy (non-hydrogen) atoms. The largest absolute Gasteiger partial charge is 0.446 e. The van der Waals surface area contributed by atoms with Crippen LogP contribution in [0.3, 0.4) is 0 Å². The SMILES string of the molecule is O=C1OC[C@H](c2ccccc2)N1C(=O)[C@@H]1CCN[C@@H]1c1ccccc1. The van der Waals surface area contributed by atoms with Crippen LogP contribution in [0.2, 0.25) is 0 Å². The highest BCUT2D eigenvalue weighted by Crippen LogP contribution is 2.36. The maximum Gasteiger partial charge on any atom is 0.417 e. The molecule has 0 aromatic heterocycles. The van der Waals surface area contributed by atoms with Crippen molar-refractivity contribution in [3.8, 4) is 0 Å². The van der Waals surface area contributed by atoms with Gasteiger partial charge in [-0.25, -0.2) is 9.69 Å². The molecule has 5 heteroatoms. The highest BCUT2D eigenvalue weighted by molar-refractivity contribution is 5.95. The Morgan fingerprint density at radius 3 is 2.32 bits per heavy atom. The Bertz CT molecular complexity index is 763. The van der Waals surface area contributed by atoms with E-state index in [2.05, 4.69) is 5.32 Å². The third-order valence-electron chi connectivity index (χ3n) is 4.99. The number of hydrogen-bond acceptors (Lipinski definition) is 4. The molecule has 0 bridgehead atoms. The number of amides is 2. The Hall–Kier alpha value is -2.66. The van der Waals surface area contributed by atoms with Gasteiger partial charge in [0.1, 0.15) is 12.6 Å². The summed E-state index contributed by atoms with van der Waals surface area (Å²) in [7, 11) is 0. The van der Waals surface area contributed by atoms with Crippen molar-refractivity contribution in [1.29, 1.82) is 0 Å². The van der Waals surface area contributed by atoms with Gasteiger partial charge in [-0.3, -0.25) is 4.79 Å². The summed E-state index contributed by atoms with van der Waals surface area (Å²) < 4.78 is 5.20. The molecule has 2 amide bonds. The number of cyclic esters (lactones) is 1. The van der Waals surface area contributed by atoms with E-state index in [-0.39, 0.29) is 30.5 Å². The average Bonchev–Trinajstić information content (AvgIpc) is 3.29. The van der Waals surface area contributed by atoms with Gasteiger partial charge in [0, 0.05) is 6.04 Å². The van der Waals surface area contributed by atoms with E-state index < -0.39 is 6.09 Å². The molecule has 0 saturated carbocycles. The van der Waals surface area contributed by atoms with Crippen molar-refractivity contribution in [1.82, 2.24) is 10.2 Å². The number of carbonyl (C=O) groups excluding carboxylic acids is 2. The first-order valence-electron chi connectivity index (χ1n) is 8.59. The molecule has 128 valence electrons. The fourth-order valence-corrected chi connectivity index (χ4v) is 3.74. The van der Waals surface area contributed by atoms with E-state index in [4.69, 9.17) is 4.74 Å². The predicted octanol–water partition coefficient (Wildman–Crippen LogP) is 3.06. The predicted molar refractivity (Wildman–Crippen MR) is 92.7 cm³/mol. The zero-order chi connectivity index (χ0) is 17.2. The van der Waals surface area contributed by atoms with Crippen LogP contribution in [0.4, 0.5) is 4.79 Å². The number of imide groups is 1. The third kappa shape index (κ3) is 2.91. The molecular weight excluding hydrogens is 316 g/mol. The van der Waals surface area contributed by atoms with Crippen molar-refractivity contribution in [3.63, 3.8) is 0 Å². The summed E-state index contributed by atoms with van der Waals surface area (Å²) in [6.07, 6.45) is 0.168. The Balaban J connectivity index is 1.61. The molecule has 0 unspecified atom stereocenters. The highest BCUT2D eigenvalue weighted by atomic mass is 16.6. The monoisotopic (exact) mass is 336 g/mol. The molecule has 0 aliphatic carbocycles. The smallest absolute Gasteiger partial charge is 0.417 e. The first-order chi connectivity index (χ1) is 12.3. The van der Waals surface area contributed by atoms with Gasteiger partial charge >= 0.3 is 6.09 Å². The van der Waals surface area contributed by atoms with E-state index in [9.17, 15) is 9.59 Å². The van der Waals surface area contributed by atoms with E-state index in [1.165, 1.54) is 4.90 Å². The number of nitrogens with one attached hydrogen (secondary N) is 1. The summed E-state index contributed by atoms with van der Waals surface area (Å²) in [5.74, 6) is -0.422. The molecular formula is C20H20N2O3. The lowest BCUT2D eigenvalue weighted by Crippen LogP contribution is -2.40. The summed E-state index contributed by atoms with van der Waals surface area (Å²) in [4.78, 5) is 26.8. The Morgan fingerprint density at radius 2 is 1.64 bits per heavy atom. The quantitative estimate of drug-likeness (QED) is 0.936. The average molecular weight is 336 g/mol. The molecule has 3 atom stereocenters. The molecule has 4 rings (SSSR count). The molecule has 2 aromatic rings. The first-order valence-corrected chi connectivity index (χ1v) is 8.59. The zero-order valence-electron chi connectivity index (χ0n) is 13.8. The zero-order valence-corrected chi connectivity index (χ0v) is 13.8. The summed E-state index contributed by atoms with van der Waals surface area (Å²) >= 11 is 0. The third-order valence-corrected chi connectivity index (χ3v) is 4.99. The molecule has 2 aliphatic rings. The van der Waals surface area contributed by atoms with Crippen LogP contribution in [0, 0.1) is 5.92 Å². The van der Waals surface area contributed by atoms with Crippen molar-refractivity contribution in [2.45, 2.75) is 18.5 Å². The van der Waals surface area contributed by atoms with Gasteiger partial charge in [0.2, 0.25) is 5.91 Å². The Morgan fingerprint density at radius 1 is 1.00 bits per heavy atom. The summed E-state index contributed by atoms with van der Waals surface area (Å²) in [5.41, 5.74) is 1.99. The van der Waals surface area contributed by atoms with Crippen LogP contribution in [-0.4, -0.2) is 30.1 Å². The maximum absolute atomic E-state index is 13.2. The van der Waals surface area contributed by atoms with Gasteiger partial charge in [0.05, 0.1) is 5.92 Å². The van der Waals surface area contributed by atoms with Gasteiger partial charge < -0.3 is 10.1 Å². The second kappa shape index (κ2) is 6.69. The van der Waals surface area contributed by atoms with Crippen LogP contribution < -0.4 is 5.32 Å². The molecule has 0 radical (unpaired) electrons. The normalized spacial score (nSPS) is 25.8. The second-order valence-electron chi connectivity index (χ2n) is 6.45. The van der Waals surface area contributed by atoms with Gasteiger partial charge in [0.15, 0.2) is 0 Å². The first kappa shape index (κ1) is 15.8. The lowest BCUT2D eigenvalue weighted by molar-refractivity contribution is -0.133. The molecule has 2 aromatic carbocycles. The number of ether oxygens (including phenoxy) is 1. The van der Waals surface area contributed by atoms with E-state index in [1.54, 1.807) is 0 Å². The molecule has 2 aliphatic heterocycles. The van der Waals surface area contributed by atoms with E-state index in [0.29, 0.717) is 6.42 Å². The number of hydrogen-bond donors (Lipinski definition) is 1. The summed E-state index contributed by atoms with van der Waals surface area (Å²) in [6, 6.07) is 19.1. The molecule has 5 nitrogen and oxygen atoms in total. The molecule has 2 saturated heterocycles. The second-order valence-corrected chi connectivity index (χ2v) is 6.45. The van der Waals surface area contributed by atoms with Crippen LogP contribution in [0.15, 0.2) is 60.7 Å². The van der Waals surface area contributed by atoms with Gasteiger partial charge in [-0.05, 0) is 24.1 Å².